The lowest BCUT2D eigenvalue weighted by Gasteiger charge is -2.30. The molecule has 120 valence electrons. The lowest BCUT2D eigenvalue weighted by molar-refractivity contribution is -0.135. The van der Waals surface area contributed by atoms with Gasteiger partial charge in [0.2, 0.25) is 5.91 Å². The Labute approximate surface area is 132 Å². The van der Waals surface area contributed by atoms with E-state index in [1.807, 2.05) is 35.2 Å². The molecule has 0 bridgehead atoms. The van der Waals surface area contributed by atoms with Crippen LogP contribution in [0.15, 0.2) is 35.4 Å². The van der Waals surface area contributed by atoms with Crippen LogP contribution in [0, 0.1) is 5.92 Å². The van der Waals surface area contributed by atoms with Crippen molar-refractivity contribution in [1.29, 1.82) is 0 Å². The van der Waals surface area contributed by atoms with Crippen molar-refractivity contribution in [2.45, 2.75) is 38.6 Å². The van der Waals surface area contributed by atoms with Gasteiger partial charge in [0.1, 0.15) is 6.34 Å². The predicted molar refractivity (Wildman–Crippen MR) is 89.2 cm³/mol. The molecule has 3 N–H and O–H groups in total. The number of hydrazone groups is 1. The van der Waals surface area contributed by atoms with Gasteiger partial charge in [-0.2, -0.15) is 5.10 Å². The second-order valence-corrected chi connectivity index (χ2v) is 5.76. The van der Waals surface area contributed by atoms with Crippen LogP contribution >= 0.6 is 0 Å². The Kier molecular flexibility index (Phi) is 6.25. The molecule has 2 rings (SSSR count). The maximum atomic E-state index is 12.9. The molecule has 1 aliphatic heterocycles. The monoisotopic (exact) mass is 302 g/mol. The first-order valence-corrected chi connectivity index (χ1v) is 8.09. The largest absolute Gasteiger partial charge is 0.367 e. The Balaban J connectivity index is 2.24. The lowest BCUT2D eigenvalue weighted by atomic mass is 9.88. The summed E-state index contributed by atoms with van der Waals surface area (Å²) in [4.78, 5) is 14.9. The van der Waals surface area contributed by atoms with E-state index in [9.17, 15) is 4.79 Å². The summed E-state index contributed by atoms with van der Waals surface area (Å²) >= 11 is 0. The minimum Gasteiger partial charge on any atom is -0.367 e. The van der Waals surface area contributed by atoms with Crippen molar-refractivity contribution in [3.8, 4) is 0 Å². The van der Waals surface area contributed by atoms with Crippen LogP contribution < -0.4 is 11.2 Å². The third kappa shape index (κ3) is 4.00. The van der Waals surface area contributed by atoms with Crippen molar-refractivity contribution in [2.24, 2.45) is 16.9 Å². The van der Waals surface area contributed by atoms with Crippen molar-refractivity contribution in [3.63, 3.8) is 0 Å². The van der Waals surface area contributed by atoms with E-state index in [1.165, 1.54) is 6.34 Å². The Morgan fingerprint density at radius 3 is 2.64 bits per heavy atom. The molecule has 1 fully saturated rings. The molecule has 0 aliphatic carbocycles. The van der Waals surface area contributed by atoms with E-state index >= 15 is 0 Å². The fourth-order valence-electron chi connectivity index (χ4n) is 3.14. The molecular weight excluding hydrogens is 276 g/mol. The van der Waals surface area contributed by atoms with Crippen LogP contribution in [-0.2, 0) is 4.79 Å². The molecule has 1 saturated heterocycles. The summed E-state index contributed by atoms with van der Waals surface area (Å²) < 4.78 is 0. The Morgan fingerprint density at radius 1 is 1.36 bits per heavy atom. The van der Waals surface area contributed by atoms with Gasteiger partial charge in [-0.15, -0.1) is 0 Å². The fraction of sp³-hybridized carbons (Fsp3) is 0.529. The number of rotatable bonds is 7. The van der Waals surface area contributed by atoms with E-state index in [-0.39, 0.29) is 17.9 Å². The van der Waals surface area contributed by atoms with Gasteiger partial charge in [0.15, 0.2) is 0 Å². The van der Waals surface area contributed by atoms with Crippen LogP contribution in [-0.4, -0.2) is 30.2 Å². The van der Waals surface area contributed by atoms with Gasteiger partial charge in [0.05, 0.1) is 12.0 Å². The molecule has 22 heavy (non-hydrogen) atoms. The smallest absolute Gasteiger partial charge is 0.228 e. The minimum atomic E-state index is -0.0958. The lowest BCUT2D eigenvalue weighted by Crippen LogP contribution is -2.40. The number of carbonyl (C=O) groups excluding carboxylic acids is 1. The van der Waals surface area contributed by atoms with Gasteiger partial charge in [-0.25, -0.2) is 0 Å². The van der Waals surface area contributed by atoms with E-state index in [0.29, 0.717) is 0 Å². The molecule has 2 unspecified atom stereocenters. The van der Waals surface area contributed by atoms with E-state index in [1.54, 1.807) is 0 Å². The van der Waals surface area contributed by atoms with E-state index < -0.39 is 0 Å². The highest BCUT2D eigenvalue weighted by atomic mass is 16.2. The molecular formula is C17H26N4O. The molecule has 0 aromatic heterocycles. The van der Waals surface area contributed by atoms with Crippen LogP contribution in [0.2, 0.25) is 0 Å². The summed E-state index contributed by atoms with van der Waals surface area (Å²) in [7, 11) is 0. The first-order chi connectivity index (χ1) is 10.8. The zero-order valence-electron chi connectivity index (χ0n) is 13.2. The van der Waals surface area contributed by atoms with Gasteiger partial charge in [0.25, 0.3) is 0 Å². The second kappa shape index (κ2) is 8.41. The Bertz CT molecular complexity index is 483. The summed E-state index contributed by atoms with van der Waals surface area (Å²) in [5.74, 6) is 5.39. The highest BCUT2D eigenvalue weighted by Crippen LogP contribution is 2.28. The van der Waals surface area contributed by atoms with E-state index in [2.05, 4.69) is 17.3 Å². The van der Waals surface area contributed by atoms with Crippen LogP contribution in [0.5, 0.6) is 0 Å². The Morgan fingerprint density at radius 2 is 2.05 bits per heavy atom. The number of hydrogen-bond acceptors (Lipinski definition) is 3. The number of nitrogens with one attached hydrogen (secondary N) is 1. The number of carbonyl (C=O) groups is 1. The van der Waals surface area contributed by atoms with Gasteiger partial charge in [-0.05, 0) is 24.8 Å². The molecule has 1 amide bonds. The van der Waals surface area contributed by atoms with Crippen molar-refractivity contribution in [1.82, 2.24) is 10.2 Å². The SMILES string of the molecule is CCCC(C(=O)N1CCCC1)C(NC=NN)c1ccccc1. The summed E-state index contributed by atoms with van der Waals surface area (Å²) in [6.45, 7) is 3.88. The number of likely N-dealkylation sites (tertiary alicyclic amines) is 1. The molecule has 1 aromatic carbocycles. The Hall–Kier alpha value is -2.04. The maximum absolute atomic E-state index is 12.9. The van der Waals surface area contributed by atoms with Gasteiger partial charge in [0, 0.05) is 13.1 Å². The zero-order chi connectivity index (χ0) is 15.8. The van der Waals surface area contributed by atoms with Crippen molar-refractivity contribution >= 4 is 12.2 Å². The second-order valence-electron chi connectivity index (χ2n) is 5.76. The number of nitrogens with zero attached hydrogens (tertiary/aromatic N) is 2. The summed E-state index contributed by atoms with van der Waals surface area (Å²) in [6.07, 6.45) is 5.52. The first kappa shape index (κ1) is 16.3. The standard InChI is InChI=1S/C17H26N4O/c1-2-8-15(17(22)21-11-6-7-12-21)16(19-13-20-18)14-9-4-3-5-10-14/h3-5,9-10,13,15-16H,2,6-8,11-12,18H2,1H3,(H,19,20). The van der Waals surface area contributed by atoms with Crippen molar-refractivity contribution < 1.29 is 4.79 Å². The molecule has 0 saturated carbocycles. The van der Waals surface area contributed by atoms with Crippen molar-refractivity contribution in [2.75, 3.05) is 13.1 Å². The van der Waals surface area contributed by atoms with Crippen molar-refractivity contribution in [3.05, 3.63) is 35.9 Å². The molecule has 5 nitrogen and oxygen atoms in total. The third-order valence-electron chi connectivity index (χ3n) is 4.22. The minimum absolute atomic E-state index is 0.0940. The van der Waals surface area contributed by atoms with E-state index in [4.69, 9.17) is 5.84 Å². The number of nitrogens with two attached hydrogens (primary N) is 1. The number of amides is 1. The van der Waals surface area contributed by atoms with Crippen LogP contribution in [0.3, 0.4) is 0 Å². The van der Waals surface area contributed by atoms with Gasteiger partial charge < -0.3 is 16.1 Å². The topological polar surface area (TPSA) is 70.7 Å². The molecule has 1 aliphatic rings. The van der Waals surface area contributed by atoms with E-state index in [0.717, 1.165) is 44.3 Å². The third-order valence-corrected chi connectivity index (χ3v) is 4.22. The normalized spacial score (nSPS) is 17.6. The number of benzene rings is 1. The van der Waals surface area contributed by atoms with Crippen LogP contribution in [0.1, 0.15) is 44.2 Å². The quantitative estimate of drug-likeness (QED) is 0.351. The van der Waals surface area contributed by atoms with Gasteiger partial charge >= 0.3 is 0 Å². The summed E-state index contributed by atoms with van der Waals surface area (Å²) in [6, 6.07) is 9.96. The highest BCUT2D eigenvalue weighted by Gasteiger charge is 2.32. The fourth-order valence-corrected chi connectivity index (χ4v) is 3.14. The molecule has 0 spiro atoms. The van der Waals surface area contributed by atoms with Gasteiger partial charge in [-0.3, -0.25) is 4.79 Å². The molecule has 5 heteroatoms. The first-order valence-electron chi connectivity index (χ1n) is 8.09. The van der Waals surface area contributed by atoms with Gasteiger partial charge in [-0.1, -0.05) is 43.7 Å². The highest BCUT2D eigenvalue weighted by molar-refractivity contribution is 5.80. The molecule has 2 atom stereocenters. The predicted octanol–water partition coefficient (Wildman–Crippen LogP) is 2.26. The number of hydrogen-bond donors (Lipinski definition) is 2. The molecule has 1 aromatic rings. The summed E-state index contributed by atoms with van der Waals surface area (Å²) in [5.41, 5.74) is 1.09. The molecule has 1 heterocycles. The molecule has 0 radical (unpaired) electrons. The summed E-state index contributed by atoms with van der Waals surface area (Å²) in [5, 5.41) is 6.75. The zero-order valence-corrected chi connectivity index (χ0v) is 13.2. The van der Waals surface area contributed by atoms with Crippen LogP contribution in [0.4, 0.5) is 0 Å². The van der Waals surface area contributed by atoms with Crippen LogP contribution in [0.25, 0.3) is 0 Å². The average Bonchev–Trinajstić information content (AvgIpc) is 3.09. The maximum Gasteiger partial charge on any atom is 0.228 e. The average molecular weight is 302 g/mol.